The number of hydrogen-bond acceptors (Lipinski definition) is 0. The van der Waals surface area contributed by atoms with Crippen LogP contribution >= 0.6 is 0 Å². The van der Waals surface area contributed by atoms with Crippen LogP contribution in [0.15, 0.2) is 0 Å². The molecule has 131 heavy (non-hydrogen) atoms. The molecule has 131 heteroatoms. The molecule has 0 rings (SSSR count). The SMILES string of the molecule is [Te][Te][Te][Te][Te][Te][Te][Te][Te][Te][Te][Te][Te][Te][Te][Te][Te][Te][Te][Te][Te][Te][Te][Te][Te][Te][Te][Te][Te][Te][Te][Te][Te][Te][Te][Te][Te][Te][Te][Te][Te][Te][Te][Te][Te][Te][Te][Te][Te][Te][Te][Te][Te][Te][Te][Te][Te][Te][Te][Te][Te][Te][Te][Te][Te][Te][Te][Te][Te][Te][Te][Te][Te][Te][Te][Te][Te][Te][Te][Te][Te][Te][Te][Te][Te][Te][Te][Te][Te][Te][Te][Te][Te][Te][Te][Te][Te][Te][Te][Te][Te][Te][Te][Te][Te][Te][Te][Te][Te][Te][Te][Te][Te][Te][Te][Te][Te][Te][Te][Te][Te][Te][Te][Te][Te][Te][Te][Te][Te][Te][Te]. The first-order valence-electron chi connectivity index (χ1n) is 21.7. The summed E-state index contributed by atoms with van der Waals surface area (Å²) in [5.74, 6) is 0. The van der Waals surface area contributed by atoms with Crippen molar-refractivity contribution in [2.24, 2.45) is 0 Å². The molecule has 0 N–H and O–H groups in total. The molecule has 0 nitrogen and oxygen atoms in total. The summed E-state index contributed by atoms with van der Waals surface area (Å²) >= 11 is 130. The van der Waals surface area contributed by atoms with Gasteiger partial charge in [-0.1, -0.05) is 0 Å². The van der Waals surface area contributed by atoms with E-state index < -0.39 is 0 Å². The fourth-order valence-corrected chi connectivity index (χ4v) is 19600. The minimum atomic E-state index is 0.735. The summed E-state index contributed by atoms with van der Waals surface area (Å²) < 4.78 is 0. The Bertz CT molecular complexity index is 1560. The van der Waals surface area contributed by atoms with Gasteiger partial charge in [0.1, 0.15) is 0 Å². The number of hydrogen-bond donors (Lipinski definition) is 0. The van der Waals surface area contributed by atoms with Crippen molar-refractivity contribution in [3.8, 4) is 0 Å². The zero-order chi connectivity index (χ0) is 93.2. The van der Waals surface area contributed by atoms with E-state index in [1.807, 2.05) is 0 Å². The van der Waals surface area contributed by atoms with Crippen LogP contribution in [0.4, 0.5) is 0 Å². The molecule has 0 unspecified atom stereocenters. The van der Waals surface area contributed by atoms with Gasteiger partial charge >= 0.3 is 1740 Å². The van der Waals surface area contributed by atoms with Gasteiger partial charge in [0.15, 0.2) is 0 Å². The van der Waals surface area contributed by atoms with Crippen LogP contribution in [0.25, 0.3) is 0 Å². The Morgan fingerprint density at radius 1 is 0.0382 bits per heavy atom. The van der Waals surface area contributed by atoms with Gasteiger partial charge in [-0.15, -0.1) is 0 Å². The van der Waals surface area contributed by atoms with Crippen LogP contribution < -0.4 is 0 Å². The second kappa shape index (κ2) is 233. The van der Waals surface area contributed by atoms with Gasteiger partial charge in [-0.3, -0.25) is 0 Å². The molecule has 0 spiro atoms. The van der Waals surface area contributed by atoms with Crippen molar-refractivity contribution < 1.29 is 0 Å². The van der Waals surface area contributed by atoms with Crippen molar-refractivity contribution in [1.29, 1.82) is 0 Å². The van der Waals surface area contributed by atoms with Gasteiger partial charge in [-0.2, -0.15) is 0 Å². The van der Waals surface area contributed by atoms with E-state index >= 15 is 0 Å². The van der Waals surface area contributed by atoms with Crippen molar-refractivity contribution in [3.63, 3.8) is 0 Å². The third-order valence-electron chi connectivity index (χ3n) is 3.56. The van der Waals surface area contributed by atoms with E-state index in [1.54, 1.807) is 0 Å². The normalized spacial score (nSPS) is 11.9. The van der Waals surface area contributed by atoms with E-state index in [-0.39, 0.29) is 0 Å². The van der Waals surface area contributed by atoms with E-state index in [1.165, 1.54) is 0 Å². The molecule has 0 bridgehead atoms. The molecule has 0 aliphatic rings. The Morgan fingerprint density at radius 3 is 0.0840 bits per heavy atom. The van der Waals surface area contributed by atoms with E-state index in [4.69, 9.17) is 0 Å². The van der Waals surface area contributed by atoms with Gasteiger partial charge in [0.05, 0.1) is 0 Å². The average Bonchev–Trinajstić information content (AvgIpc) is 1.22. The number of rotatable bonds is 128. The van der Waals surface area contributed by atoms with Gasteiger partial charge in [0.2, 0.25) is 0 Å². The molecular weight excluding hydrogens is 16700 g/mol. The van der Waals surface area contributed by atoms with E-state index in [0.717, 1.165) is 1700 Å². The molecule has 0 aromatic carbocycles. The fourth-order valence-electron chi connectivity index (χ4n) is 1.44. The topological polar surface area (TPSA) is 0 Å². The van der Waals surface area contributed by atoms with Crippen molar-refractivity contribution in [1.82, 2.24) is 0 Å². The molecule has 0 aliphatic carbocycles. The van der Waals surface area contributed by atoms with Crippen LogP contribution in [0.3, 0.4) is 0 Å². The van der Waals surface area contributed by atoms with E-state index in [9.17, 15) is 0 Å². The summed E-state index contributed by atoms with van der Waals surface area (Å²) in [6.07, 6.45) is 0. The summed E-state index contributed by atoms with van der Waals surface area (Å²) in [6.45, 7) is 0. The molecule has 0 saturated heterocycles. The Morgan fingerprint density at radius 2 is 0.0611 bits per heavy atom. The molecular formula is Te131. The first-order chi connectivity index (χ1) is 65.4. The maximum absolute atomic E-state index is 2.58. The zero-order valence-corrected chi connectivity index (χ0v) is 359. The fraction of sp³-hybridized carbons (Fsp3) is 0. The predicted molar refractivity (Wildman–Crippen MR) is 754 cm³/mol. The van der Waals surface area contributed by atoms with Crippen LogP contribution in [0, 0.1) is 0 Å². The predicted octanol–water partition coefficient (Wildman–Crippen LogP) is -49.9. The molecule has 0 atom stereocenters. The van der Waals surface area contributed by atoms with E-state index in [2.05, 4.69) is 36.9 Å². The van der Waals surface area contributed by atoms with Crippen LogP contribution in [0.1, 0.15) is 0 Å². The van der Waals surface area contributed by atoms with Gasteiger partial charge in [-0.25, -0.2) is 0 Å². The van der Waals surface area contributed by atoms with Crippen molar-refractivity contribution in [2.45, 2.75) is 0 Å². The molecule has 2 radical (unpaired) electrons. The molecule has 0 fully saturated rings. The summed E-state index contributed by atoms with van der Waals surface area (Å²) in [5.41, 5.74) is 0. The third-order valence-corrected chi connectivity index (χ3v) is 7200. The Balaban J connectivity index is 3.10. The first kappa shape index (κ1) is 234. The maximum atomic E-state index is 2.58. The average molecular weight is 16700 g/mol. The van der Waals surface area contributed by atoms with Crippen LogP contribution in [-0.4, -0.2) is 1740 Å². The molecule has 786 valence electrons. The van der Waals surface area contributed by atoms with Crippen LogP contribution in [0.5, 0.6) is 0 Å². The monoisotopic (exact) mass is 17000 g/mol. The van der Waals surface area contributed by atoms with Gasteiger partial charge in [0.25, 0.3) is 0 Å². The molecule has 0 amide bonds. The van der Waals surface area contributed by atoms with Crippen LogP contribution in [-0.2, 0) is 0 Å². The molecule has 0 heterocycles. The second-order valence-electron chi connectivity index (χ2n) is 8.78. The Hall–Kier alpha value is 103. The standard InChI is InChI=1S/Te131/c1-3-5-7-9-11-13-15-17-19-21-23-25-27-29-31-33-35-37-39-41-43-45-47-49-51-53-55-57-59-61-63-65-67-69-71-73-75-77-79-81-83-85-87-89-91-93-95-97-99-101-103-105-107-109-111-113-115-117-119-121-123-125-127-129-131-130-128-126-124-122-120-118-116-114-112-110-108-106-104-102-100-98-96-94-92-90-88-86-84-82-80-78-76-74-72-70-68-66-64-62-60-58-56-54-52-50-48-46-44-42-40-38-36-34-32-30-28-26-24-22-20-18-16-14-12-10-8-6-4-2. The summed E-state index contributed by atoms with van der Waals surface area (Å²) in [6, 6.07) is 0. The second-order valence-corrected chi connectivity index (χ2v) is 2650. The summed E-state index contributed by atoms with van der Waals surface area (Å²) in [7, 11) is 0. The van der Waals surface area contributed by atoms with Crippen molar-refractivity contribution in [3.05, 3.63) is 0 Å². The molecule has 0 aromatic rings. The minimum absolute atomic E-state index is 0.735. The first-order valence-corrected chi connectivity index (χ1v) is 975. The zero-order valence-electron chi connectivity index (χ0n) is 53.5. The van der Waals surface area contributed by atoms with Gasteiger partial charge < -0.3 is 0 Å². The summed E-state index contributed by atoms with van der Waals surface area (Å²) in [5, 5.41) is 0. The summed E-state index contributed by atoms with van der Waals surface area (Å²) in [4.78, 5) is 0. The van der Waals surface area contributed by atoms with Crippen molar-refractivity contribution in [2.75, 3.05) is 0 Å². The Labute approximate surface area is 1630 Å². The molecule has 0 aromatic heterocycles. The Kier molecular flexibility index (Phi) is 418. The van der Waals surface area contributed by atoms with Crippen molar-refractivity contribution >= 4 is 1740 Å². The van der Waals surface area contributed by atoms with Gasteiger partial charge in [0, 0.05) is 0 Å². The van der Waals surface area contributed by atoms with Gasteiger partial charge in [-0.05, 0) is 0 Å². The quantitative estimate of drug-likeness (QED) is 0.0421. The third kappa shape index (κ3) is 233. The molecule has 0 saturated carbocycles. The van der Waals surface area contributed by atoms with Crippen LogP contribution in [0.2, 0.25) is 0 Å². The van der Waals surface area contributed by atoms with E-state index in [0.29, 0.717) is 0 Å². The molecule has 0 aliphatic heterocycles.